The van der Waals surface area contributed by atoms with Crippen molar-refractivity contribution in [3.63, 3.8) is 0 Å². The molecule has 0 bridgehead atoms. The summed E-state index contributed by atoms with van der Waals surface area (Å²) >= 11 is 1.35. The van der Waals surface area contributed by atoms with E-state index in [-0.39, 0.29) is 5.97 Å². The molecule has 0 saturated heterocycles. The Labute approximate surface area is 145 Å². The van der Waals surface area contributed by atoms with Crippen LogP contribution >= 0.6 is 11.3 Å². The number of hydrogen-bond acceptors (Lipinski definition) is 6. The zero-order chi connectivity index (χ0) is 17.3. The Bertz CT molecular complexity index is 727. The Hall–Kier alpha value is -2.05. The lowest BCUT2D eigenvalue weighted by molar-refractivity contribution is -0.129. The molecule has 2 atom stereocenters. The van der Waals surface area contributed by atoms with Crippen molar-refractivity contribution in [1.29, 1.82) is 0 Å². The van der Waals surface area contributed by atoms with Gasteiger partial charge in [0.2, 0.25) is 0 Å². The van der Waals surface area contributed by atoms with Crippen LogP contribution in [0, 0.1) is 0 Å². The van der Waals surface area contributed by atoms with Crippen LogP contribution in [0.3, 0.4) is 0 Å². The van der Waals surface area contributed by atoms with Gasteiger partial charge < -0.3 is 19.5 Å². The molecule has 1 aliphatic heterocycles. The first kappa shape index (κ1) is 16.8. The lowest BCUT2D eigenvalue weighted by atomic mass is 9.88. The summed E-state index contributed by atoms with van der Waals surface area (Å²) in [5.41, 5.74) is 1.11. The van der Waals surface area contributed by atoms with Crippen molar-refractivity contribution >= 4 is 23.0 Å². The minimum Gasteiger partial charge on any atom is -0.483 e. The minimum absolute atomic E-state index is 0.359. The molecular formula is C18H21NO4S. The van der Waals surface area contributed by atoms with Crippen molar-refractivity contribution in [2.24, 2.45) is 0 Å². The molecular weight excluding hydrogens is 326 g/mol. The molecule has 5 nitrogen and oxygen atoms in total. The summed E-state index contributed by atoms with van der Waals surface area (Å²) in [6.45, 7) is 3.81. The topological polar surface area (TPSA) is 56.8 Å². The lowest BCUT2D eigenvalue weighted by Crippen LogP contribution is -2.51. The summed E-state index contributed by atoms with van der Waals surface area (Å²) in [6, 6.07) is 9.39. The number of carbonyl (C=O) groups is 1. The standard InChI is InChI=1S/C18H21NO4S/c1-18(2)16(22-17(20)14-6-5-9-24-14)15(21-4)12-10-11(19-3)7-8-13(12)23-18/h5-10,15-16,19H,1-4H3. The first-order valence-corrected chi connectivity index (χ1v) is 8.62. The third kappa shape index (κ3) is 2.99. The van der Waals surface area contributed by atoms with Crippen LogP contribution in [-0.2, 0) is 9.47 Å². The van der Waals surface area contributed by atoms with Crippen LogP contribution in [0.5, 0.6) is 5.75 Å². The van der Waals surface area contributed by atoms with Gasteiger partial charge in [0.15, 0.2) is 6.10 Å². The predicted molar refractivity (Wildman–Crippen MR) is 94.0 cm³/mol. The molecule has 3 rings (SSSR count). The van der Waals surface area contributed by atoms with Crippen molar-refractivity contribution in [1.82, 2.24) is 0 Å². The number of ether oxygens (including phenoxy) is 3. The Kier molecular flexibility index (Phi) is 4.51. The van der Waals surface area contributed by atoms with Gasteiger partial charge in [-0.1, -0.05) is 6.07 Å². The van der Waals surface area contributed by atoms with Gasteiger partial charge >= 0.3 is 5.97 Å². The number of methoxy groups -OCH3 is 1. The zero-order valence-corrected chi connectivity index (χ0v) is 15.0. The molecule has 2 unspecified atom stereocenters. The summed E-state index contributed by atoms with van der Waals surface area (Å²) in [4.78, 5) is 13.0. The van der Waals surface area contributed by atoms with E-state index in [1.165, 1.54) is 11.3 Å². The molecule has 1 aromatic carbocycles. The third-order valence-corrected chi connectivity index (χ3v) is 5.00. The maximum atomic E-state index is 12.4. The summed E-state index contributed by atoms with van der Waals surface area (Å²) < 4.78 is 17.6. The molecule has 1 aromatic heterocycles. The summed E-state index contributed by atoms with van der Waals surface area (Å²) in [7, 11) is 3.47. The molecule has 0 amide bonds. The highest BCUT2D eigenvalue weighted by molar-refractivity contribution is 7.11. The van der Waals surface area contributed by atoms with Crippen LogP contribution in [0.1, 0.15) is 35.2 Å². The van der Waals surface area contributed by atoms with Crippen molar-refractivity contribution < 1.29 is 19.0 Å². The molecule has 6 heteroatoms. The number of carbonyl (C=O) groups excluding carboxylic acids is 1. The lowest BCUT2D eigenvalue weighted by Gasteiger charge is -2.43. The maximum Gasteiger partial charge on any atom is 0.348 e. The van der Waals surface area contributed by atoms with E-state index < -0.39 is 17.8 Å². The van der Waals surface area contributed by atoms with Crippen LogP contribution in [0.25, 0.3) is 0 Å². The molecule has 1 N–H and O–H groups in total. The number of thiophene rings is 1. The summed E-state index contributed by atoms with van der Waals surface area (Å²) in [5, 5.41) is 4.95. The van der Waals surface area contributed by atoms with E-state index in [9.17, 15) is 4.79 Å². The number of hydrogen-bond donors (Lipinski definition) is 1. The monoisotopic (exact) mass is 347 g/mol. The van der Waals surface area contributed by atoms with E-state index in [0.29, 0.717) is 4.88 Å². The molecule has 0 spiro atoms. The fourth-order valence-electron chi connectivity index (χ4n) is 2.91. The average Bonchev–Trinajstić information content (AvgIpc) is 3.09. The molecule has 1 aliphatic rings. The summed E-state index contributed by atoms with van der Waals surface area (Å²) in [6.07, 6.45) is -0.960. The highest BCUT2D eigenvalue weighted by Gasteiger charge is 2.47. The van der Waals surface area contributed by atoms with Gasteiger partial charge in [0.25, 0.3) is 0 Å². The van der Waals surface area contributed by atoms with Gasteiger partial charge in [-0.15, -0.1) is 11.3 Å². The second-order valence-electron chi connectivity index (χ2n) is 6.17. The van der Waals surface area contributed by atoms with Gasteiger partial charge in [-0.25, -0.2) is 4.79 Å². The van der Waals surface area contributed by atoms with Gasteiger partial charge in [-0.05, 0) is 43.5 Å². The highest BCUT2D eigenvalue weighted by Crippen LogP contribution is 2.44. The van der Waals surface area contributed by atoms with Crippen molar-refractivity contribution in [3.05, 3.63) is 46.2 Å². The van der Waals surface area contributed by atoms with Gasteiger partial charge in [-0.3, -0.25) is 0 Å². The quantitative estimate of drug-likeness (QED) is 0.851. The molecule has 0 radical (unpaired) electrons. The fraction of sp³-hybridized carbons (Fsp3) is 0.389. The van der Waals surface area contributed by atoms with E-state index in [0.717, 1.165) is 17.0 Å². The van der Waals surface area contributed by atoms with Gasteiger partial charge in [0, 0.05) is 25.4 Å². The van der Waals surface area contributed by atoms with Crippen LogP contribution in [0.15, 0.2) is 35.7 Å². The molecule has 2 aromatic rings. The van der Waals surface area contributed by atoms with Crippen molar-refractivity contribution in [2.45, 2.75) is 31.7 Å². The molecule has 2 heterocycles. The summed E-state index contributed by atoms with van der Waals surface area (Å²) in [5.74, 6) is 0.385. The number of esters is 1. The Balaban J connectivity index is 1.96. The first-order valence-electron chi connectivity index (χ1n) is 7.74. The average molecular weight is 347 g/mol. The van der Waals surface area contributed by atoms with E-state index in [2.05, 4.69) is 5.32 Å². The minimum atomic E-state index is -0.707. The van der Waals surface area contributed by atoms with Gasteiger partial charge in [0.1, 0.15) is 22.3 Å². The molecule has 0 fully saturated rings. The molecule has 24 heavy (non-hydrogen) atoms. The Morgan fingerprint density at radius 2 is 2.12 bits per heavy atom. The van der Waals surface area contributed by atoms with Gasteiger partial charge in [-0.2, -0.15) is 0 Å². The highest BCUT2D eigenvalue weighted by atomic mass is 32.1. The van der Waals surface area contributed by atoms with Crippen LogP contribution in [0.4, 0.5) is 5.69 Å². The number of benzene rings is 1. The molecule has 128 valence electrons. The van der Waals surface area contributed by atoms with E-state index in [4.69, 9.17) is 14.2 Å². The number of fused-ring (bicyclic) bond motifs is 1. The maximum absolute atomic E-state index is 12.4. The second-order valence-corrected chi connectivity index (χ2v) is 7.12. The fourth-order valence-corrected chi connectivity index (χ4v) is 3.52. The van der Waals surface area contributed by atoms with Crippen molar-refractivity contribution in [2.75, 3.05) is 19.5 Å². The van der Waals surface area contributed by atoms with Crippen molar-refractivity contribution in [3.8, 4) is 5.75 Å². The van der Waals surface area contributed by atoms with E-state index in [1.807, 2.05) is 50.5 Å². The van der Waals surface area contributed by atoms with E-state index in [1.54, 1.807) is 13.2 Å². The molecule has 0 saturated carbocycles. The predicted octanol–water partition coefficient (Wildman–Crippen LogP) is 3.87. The van der Waals surface area contributed by atoms with E-state index >= 15 is 0 Å². The zero-order valence-electron chi connectivity index (χ0n) is 14.2. The van der Waals surface area contributed by atoms with Crippen LogP contribution in [-0.4, -0.2) is 31.8 Å². The molecule has 0 aliphatic carbocycles. The Morgan fingerprint density at radius 3 is 2.75 bits per heavy atom. The van der Waals surface area contributed by atoms with Gasteiger partial charge in [0.05, 0.1) is 0 Å². The number of rotatable bonds is 4. The normalized spacial score (nSPS) is 21.5. The second kappa shape index (κ2) is 6.45. The third-order valence-electron chi connectivity index (χ3n) is 4.15. The Morgan fingerprint density at radius 1 is 1.33 bits per heavy atom. The number of nitrogens with one attached hydrogen (secondary N) is 1. The van der Waals surface area contributed by atoms with Crippen LogP contribution in [0.2, 0.25) is 0 Å². The SMILES string of the molecule is CNc1ccc2c(c1)C(OC)C(OC(=O)c1cccs1)C(C)(C)O2. The first-order chi connectivity index (χ1) is 11.5. The number of anilines is 1. The smallest absolute Gasteiger partial charge is 0.348 e. The van der Waals surface area contributed by atoms with Crippen LogP contribution < -0.4 is 10.1 Å². The largest absolute Gasteiger partial charge is 0.483 e.